The zero-order valence-corrected chi connectivity index (χ0v) is 18.2. The molecule has 33 heavy (non-hydrogen) atoms. The average molecular weight is 444 g/mol. The van der Waals surface area contributed by atoms with Gasteiger partial charge in [-0.2, -0.15) is 5.10 Å². The third-order valence-corrected chi connectivity index (χ3v) is 4.63. The number of phenolic OH excluding ortho intramolecular Hbond substituents is 2. The molecule has 3 aromatic carbocycles. The van der Waals surface area contributed by atoms with Gasteiger partial charge in [0.25, 0.3) is 11.8 Å². The second kappa shape index (κ2) is 10.6. The van der Waals surface area contributed by atoms with Gasteiger partial charge in [0.2, 0.25) is 0 Å². The fourth-order valence-electron chi connectivity index (χ4n) is 2.84. The second-order valence-corrected chi connectivity index (χ2v) is 7.31. The highest BCUT2D eigenvalue weighted by molar-refractivity contribution is 6.05. The number of phenols is 2. The highest BCUT2D eigenvalue weighted by atomic mass is 16.3. The Kier molecular flexibility index (Phi) is 7.43. The van der Waals surface area contributed by atoms with Crippen molar-refractivity contribution in [3.8, 4) is 11.5 Å². The van der Waals surface area contributed by atoms with Gasteiger partial charge in [0.1, 0.15) is 17.2 Å². The van der Waals surface area contributed by atoms with Crippen LogP contribution < -0.4 is 15.6 Å². The van der Waals surface area contributed by atoms with Crippen molar-refractivity contribution in [1.29, 1.82) is 0 Å². The summed E-state index contributed by atoms with van der Waals surface area (Å²) in [5.74, 6) is -1.38. The lowest BCUT2D eigenvalue weighted by Crippen LogP contribution is -2.32. The number of hydrazone groups is 1. The first-order valence-corrected chi connectivity index (χ1v) is 10.0. The Labute approximate surface area is 191 Å². The van der Waals surface area contributed by atoms with Crippen LogP contribution in [-0.4, -0.2) is 42.3 Å². The van der Waals surface area contributed by atoms with E-state index in [0.717, 1.165) is 11.8 Å². The van der Waals surface area contributed by atoms with Crippen LogP contribution in [0.4, 0.5) is 5.69 Å². The summed E-state index contributed by atoms with van der Waals surface area (Å²) < 4.78 is 0. The SMILES string of the molecule is CN(C)c1ccc(/C=C(\NC(=O)c2ccccc2)C(=O)N/N=C\c2ccc(O)cc2O)cc1. The van der Waals surface area contributed by atoms with E-state index < -0.39 is 11.8 Å². The van der Waals surface area contributed by atoms with Crippen LogP contribution in [0.5, 0.6) is 11.5 Å². The summed E-state index contributed by atoms with van der Waals surface area (Å²) >= 11 is 0. The second-order valence-electron chi connectivity index (χ2n) is 7.31. The molecule has 2 amide bonds. The van der Waals surface area contributed by atoms with Gasteiger partial charge in [-0.1, -0.05) is 30.3 Å². The van der Waals surface area contributed by atoms with E-state index in [1.54, 1.807) is 36.4 Å². The Bertz CT molecular complexity index is 1190. The van der Waals surface area contributed by atoms with E-state index in [1.165, 1.54) is 18.3 Å². The number of hydrogen-bond donors (Lipinski definition) is 4. The first-order valence-electron chi connectivity index (χ1n) is 10.0. The molecule has 0 heterocycles. The van der Waals surface area contributed by atoms with Gasteiger partial charge in [-0.25, -0.2) is 5.43 Å². The molecule has 0 saturated heterocycles. The number of carbonyl (C=O) groups excluding carboxylic acids is 2. The van der Waals surface area contributed by atoms with Crippen molar-refractivity contribution < 1.29 is 19.8 Å². The van der Waals surface area contributed by atoms with Crippen LogP contribution in [0.3, 0.4) is 0 Å². The summed E-state index contributed by atoms with van der Waals surface area (Å²) in [7, 11) is 3.85. The molecule has 0 aromatic heterocycles. The lowest BCUT2D eigenvalue weighted by molar-refractivity contribution is -0.117. The molecule has 0 aliphatic rings. The smallest absolute Gasteiger partial charge is 0.287 e. The third kappa shape index (κ3) is 6.44. The normalized spacial score (nSPS) is 11.3. The number of benzene rings is 3. The molecule has 4 N–H and O–H groups in total. The number of aromatic hydroxyl groups is 2. The van der Waals surface area contributed by atoms with Gasteiger partial charge in [0.15, 0.2) is 0 Å². The van der Waals surface area contributed by atoms with Crippen molar-refractivity contribution in [1.82, 2.24) is 10.7 Å². The van der Waals surface area contributed by atoms with Crippen LogP contribution >= 0.6 is 0 Å². The molecule has 0 atom stereocenters. The quantitative estimate of drug-likeness (QED) is 0.254. The summed E-state index contributed by atoms with van der Waals surface area (Å²) in [4.78, 5) is 27.4. The van der Waals surface area contributed by atoms with Gasteiger partial charge in [-0.05, 0) is 48.0 Å². The van der Waals surface area contributed by atoms with Gasteiger partial charge in [0, 0.05) is 37.0 Å². The number of anilines is 1. The molecule has 8 nitrogen and oxygen atoms in total. The summed E-state index contributed by atoms with van der Waals surface area (Å²) in [5.41, 5.74) is 4.73. The van der Waals surface area contributed by atoms with Gasteiger partial charge in [-0.15, -0.1) is 0 Å². The largest absolute Gasteiger partial charge is 0.508 e. The Morgan fingerprint density at radius 3 is 2.27 bits per heavy atom. The fraction of sp³-hybridized carbons (Fsp3) is 0.0800. The first-order chi connectivity index (χ1) is 15.8. The van der Waals surface area contributed by atoms with Crippen LogP contribution in [0, 0.1) is 0 Å². The molecule has 8 heteroatoms. The van der Waals surface area contributed by atoms with E-state index in [2.05, 4.69) is 15.8 Å². The zero-order chi connectivity index (χ0) is 23.8. The Balaban J connectivity index is 1.82. The molecule has 0 unspecified atom stereocenters. The lowest BCUT2D eigenvalue weighted by atomic mass is 10.1. The number of nitrogens with one attached hydrogen (secondary N) is 2. The maximum atomic E-state index is 12.8. The molecule has 0 aliphatic carbocycles. The van der Waals surface area contributed by atoms with E-state index in [9.17, 15) is 19.8 Å². The van der Waals surface area contributed by atoms with Crippen molar-refractivity contribution in [2.24, 2.45) is 5.10 Å². The maximum Gasteiger partial charge on any atom is 0.287 e. The van der Waals surface area contributed by atoms with E-state index in [-0.39, 0.29) is 17.2 Å². The Morgan fingerprint density at radius 2 is 1.64 bits per heavy atom. The summed E-state index contributed by atoms with van der Waals surface area (Å²) in [5, 5.41) is 25.7. The van der Waals surface area contributed by atoms with Crippen LogP contribution in [0.2, 0.25) is 0 Å². The molecule has 0 saturated carbocycles. The van der Waals surface area contributed by atoms with E-state index in [4.69, 9.17) is 0 Å². The Hall–Kier alpha value is -4.59. The van der Waals surface area contributed by atoms with Crippen molar-refractivity contribution >= 4 is 29.8 Å². The minimum atomic E-state index is -0.648. The molecule has 0 aliphatic heterocycles. The molecule has 0 spiro atoms. The van der Waals surface area contributed by atoms with Gasteiger partial charge in [0.05, 0.1) is 6.21 Å². The minimum Gasteiger partial charge on any atom is -0.508 e. The van der Waals surface area contributed by atoms with E-state index in [1.807, 2.05) is 43.3 Å². The predicted molar refractivity (Wildman–Crippen MR) is 128 cm³/mol. The number of nitrogens with zero attached hydrogens (tertiary/aromatic N) is 2. The number of rotatable bonds is 7. The molecule has 3 rings (SSSR count). The lowest BCUT2D eigenvalue weighted by Gasteiger charge is -2.12. The maximum absolute atomic E-state index is 12.8. The Morgan fingerprint density at radius 1 is 0.939 bits per heavy atom. The van der Waals surface area contributed by atoms with E-state index >= 15 is 0 Å². The molecule has 3 aromatic rings. The van der Waals surface area contributed by atoms with Crippen molar-refractivity contribution in [2.75, 3.05) is 19.0 Å². The minimum absolute atomic E-state index is 0.00599. The molecule has 168 valence electrons. The molecule has 0 bridgehead atoms. The third-order valence-electron chi connectivity index (χ3n) is 4.63. The highest BCUT2D eigenvalue weighted by Gasteiger charge is 2.14. The molecular weight excluding hydrogens is 420 g/mol. The number of amides is 2. The number of hydrogen-bond acceptors (Lipinski definition) is 6. The van der Waals surface area contributed by atoms with Crippen LogP contribution in [0.25, 0.3) is 6.08 Å². The first kappa shape index (κ1) is 23.1. The van der Waals surface area contributed by atoms with Crippen LogP contribution in [-0.2, 0) is 4.79 Å². The monoisotopic (exact) mass is 444 g/mol. The summed E-state index contributed by atoms with van der Waals surface area (Å²) in [6.07, 6.45) is 2.78. The average Bonchev–Trinajstić information content (AvgIpc) is 2.80. The van der Waals surface area contributed by atoms with Crippen molar-refractivity contribution in [3.05, 3.63) is 95.2 Å². The predicted octanol–water partition coefficient (Wildman–Crippen LogP) is 3.09. The van der Waals surface area contributed by atoms with Gasteiger partial charge in [-0.3, -0.25) is 9.59 Å². The standard InChI is InChI=1S/C25H24N4O4/c1-29(2)20-11-8-17(9-12-20)14-22(27-24(32)18-6-4-3-5-7-18)25(33)28-26-16-19-10-13-21(30)15-23(19)31/h3-16,30-31H,1-2H3,(H,27,32)(H,28,33)/b22-14-,26-16-. The zero-order valence-electron chi connectivity index (χ0n) is 18.2. The van der Waals surface area contributed by atoms with Crippen LogP contribution in [0.15, 0.2) is 83.6 Å². The molecule has 0 fully saturated rings. The van der Waals surface area contributed by atoms with Crippen molar-refractivity contribution in [2.45, 2.75) is 0 Å². The highest BCUT2D eigenvalue weighted by Crippen LogP contribution is 2.20. The van der Waals surface area contributed by atoms with Gasteiger partial charge < -0.3 is 20.4 Å². The fourth-order valence-corrected chi connectivity index (χ4v) is 2.84. The number of carbonyl (C=O) groups is 2. The summed E-state index contributed by atoms with van der Waals surface area (Å²) in [6.45, 7) is 0. The van der Waals surface area contributed by atoms with E-state index in [0.29, 0.717) is 16.7 Å². The van der Waals surface area contributed by atoms with Gasteiger partial charge >= 0.3 is 0 Å². The molecular formula is C25H24N4O4. The van der Waals surface area contributed by atoms with Crippen LogP contribution in [0.1, 0.15) is 21.5 Å². The topological polar surface area (TPSA) is 114 Å². The molecule has 0 radical (unpaired) electrons. The summed E-state index contributed by atoms with van der Waals surface area (Å²) in [6, 6.07) is 20.0. The van der Waals surface area contributed by atoms with Crippen molar-refractivity contribution in [3.63, 3.8) is 0 Å².